The Kier molecular flexibility index (Phi) is 3.91. The van der Waals surface area contributed by atoms with Crippen LogP contribution >= 0.6 is 0 Å². The standard InChI is InChI=1S/C16H16N4O/c21-16(17-9-3-11-20-12-4-10-18-20)15-8-7-13-5-1-2-6-14(13)19-15/h1-2,4-8,10,12H,3,9,11H2,(H,17,21). The van der Waals surface area contributed by atoms with E-state index in [1.807, 2.05) is 47.3 Å². The average molecular weight is 280 g/mol. The van der Waals surface area contributed by atoms with E-state index in [2.05, 4.69) is 15.4 Å². The number of pyridine rings is 1. The van der Waals surface area contributed by atoms with Gasteiger partial charge >= 0.3 is 0 Å². The zero-order valence-electron chi connectivity index (χ0n) is 11.6. The Morgan fingerprint density at radius 2 is 2.05 bits per heavy atom. The number of hydrogen-bond acceptors (Lipinski definition) is 3. The fraction of sp³-hybridized carbons (Fsp3) is 0.188. The number of nitrogens with one attached hydrogen (secondary N) is 1. The SMILES string of the molecule is O=C(NCCCn1cccn1)c1ccc2ccccc2n1. The van der Waals surface area contributed by atoms with Crippen LogP contribution in [-0.4, -0.2) is 27.2 Å². The quantitative estimate of drug-likeness (QED) is 0.729. The number of rotatable bonds is 5. The number of para-hydroxylation sites is 1. The van der Waals surface area contributed by atoms with Gasteiger partial charge in [0.1, 0.15) is 5.69 Å². The Morgan fingerprint density at radius 1 is 1.14 bits per heavy atom. The predicted octanol–water partition coefficient (Wildman–Crippen LogP) is 2.25. The first kappa shape index (κ1) is 13.3. The zero-order chi connectivity index (χ0) is 14.5. The molecule has 0 atom stereocenters. The van der Waals surface area contributed by atoms with Gasteiger partial charge in [0, 0.05) is 30.9 Å². The summed E-state index contributed by atoms with van der Waals surface area (Å²) in [6.45, 7) is 1.39. The first-order valence-electron chi connectivity index (χ1n) is 6.94. The maximum atomic E-state index is 12.1. The molecular weight excluding hydrogens is 264 g/mol. The molecule has 2 heterocycles. The van der Waals surface area contributed by atoms with E-state index in [9.17, 15) is 4.79 Å². The Bertz CT molecular complexity index is 737. The van der Waals surface area contributed by atoms with E-state index in [-0.39, 0.29) is 5.91 Å². The van der Waals surface area contributed by atoms with Crippen LogP contribution in [0.4, 0.5) is 0 Å². The fourth-order valence-electron chi connectivity index (χ4n) is 2.16. The van der Waals surface area contributed by atoms with E-state index >= 15 is 0 Å². The van der Waals surface area contributed by atoms with Crippen LogP contribution in [0.15, 0.2) is 54.9 Å². The lowest BCUT2D eigenvalue weighted by molar-refractivity contribution is 0.0948. The van der Waals surface area contributed by atoms with Crippen molar-refractivity contribution in [1.29, 1.82) is 0 Å². The molecule has 0 spiro atoms. The molecule has 1 N–H and O–H groups in total. The van der Waals surface area contributed by atoms with Gasteiger partial charge in [-0.15, -0.1) is 0 Å². The van der Waals surface area contributed by atoms with Crippen molar-refractivity contribution in [1.82, 2.24) is 20.1 Å². The highest BCUT2D eigenvalue weighted by Crippen LogP contribution is 2.11. The minimum atomic E-state index is -0.138. The third-order valence-electron chi connectivity index (χ3n) is 3.24. The molecule has 2 aromatic heterocycles. The summed E-state index contributed by atoms with van der Waals surface area (Å²) in [5, 5.41) is 8.04. The van der Waals surface area contributed by atoms with Crippen molar-refractivity contribution in [3.8, 4) is 0 Å². The van der Waals surface area contributed by atoms with Crippen LogP contribution in [0.3, 0.4) is 0 Å². The first-order valence-corrected chi connectivity index (χ1v) is 6.94. The van der Waals surface area contributed by atoms with Gasteiger partial charge in [0.15, 0.2) is 0 Å². The summed E-state index contributed by atoms with van der Waals surface area (Å²) in [6, 6.07) is 13.3. The monoisotopic (exact) mass is 280 g/mol. The molecule has 3 aromatic rings. The summed E-state index contributed by atoms with van der Waals surface area (Å²) >= 11 is 0. The number of aromatic nitrogens is 3. The topological polar surface area (TPSA) is 59.8 Å². The number of nitrogens with zero attached hydrogens (tertiary/aromatic N) is 3. The molecule has 0 aliphatic rings. The molecular formula is C16H16N4O. The maximum absolute atomic E-state index is 12.1. The number of aryl methyl sites for hydroxylation is 1. The Morgan fingerprint density at radius 3 is 2.90 bits per heavy atom. The van der Waals surface area contributed by atoms with Gasteiger partial charge in [-0.1, -0.05) is 24.3 Å². The molecule has 5 nitrogen and oxygen atoms in total. The van der Waals surface area contributed by atoms with Gasteiger partial charge in [0.25, 0.3) is 5.91 Å². The van der Waals surface area contributed by atoms with E-state index in [1.165, 1.54) is 0 Å². The summed E-state index contributed by atoms with van der Waals surface area (Å²) in [5.74, 6) is -0.138. The number of benzene rings is 1. The largest absolute Gasteiger partial charge is 0.351 e. The molecule has 3 rings (SSSR count). The third-order valence-corrected chi connectivity index (χ3v) is 3.24. The van der Waals surface area contributed by atoms with Gasteiger partial charge in [-0.05, 0) is 24.6 Å². The van der Waals surface area contributed by atoms with Gasteiger partial charge in [-0.25, -0.2) is 4.98 Å². The van der Waals surface area contributed by atoms with Crippen LogP contribution in [0.5, 0.6) is 0 Å². The summed E-state index contributed by atoms with van der Waals surface area (Å²) in [5.41, 5.74) is 1.29. The molecule has 0 bridgehead atoms. The first-order chi connectivity index (χ1) is 10.3. The average Bonchev–Trinajstić information content (AvgIpc) is 3.04. The highest BCUT2D eigenvalue weighted by molar-refractivity contribution is 5.94. The molecule has 0 unspecified atom stereocenters. The third kappa shape index (κ3) is 3.25. The Labute approximate surface area is 122 Å². The van der Waals surface area contributed by atoms with Gasteiger partial charge in [0.2, 0.25) is 0 Å². The van der Waals surface area contributed by atoms with Crippen LogP contribution in [0.25, 0.3) is 10.9 Å². The molecule has 0 aliphatic heterocycles. The zero-order valence-corrected chi connectivity index (χ0v) is 11.6. The Balaban J connectivity index is 1.56. The second kappa shape index (κ2) is 6.17. The van der Waals surface area contributed by atoms with Crippen molar-refractivity contribution in [3.63, 3.8) is 0 Å². The van der Waals surface area contributed by atoms with Gasteiger partial charge < -0.3 is 5.32 Å². The van der Waals surface area contributed by atoms with Crippen molar-refractivity contribution in [2.24, 2.45) is 0 Å². The lowest BCUT2D eigenvalue weighted by Crippen LogP contribution is -2.26. The summed E-state index contributed by atoms with van der Waals surface area (Å²) in [7, 11) is 0. The van der Waals surface area contributed by atoms with E-state index < -0.39 is 0 Å². The molecule has 0 radical (unpaired) electrons. The summed E-state index contributed by atoms with van der Waals surface area (Å²) in [4.78, 5) is 16.4. The lowest BCUT2D eigenvalue weighted by atomic mass is 10.2. The molecule has 0 saturated heterocycles. The molecule has 1 amide bonds. The summed E-state index contributed by atoms with van der Waals surface area (Å²) < 4.78 is 1.85. The van der Waals surface area contributed by atoms with Crippen LogP contribution in [0, 0.1) is 0 Å². The highest BCUT2D eigenvalue weighted by atomic mass is 16.1. The van der Waals surface area contributed by atoms with Gasteiger partial charge in [0.05, 0.1) is 5.52 Å². The summed E-state index contributed by atoms with van der Waals surface area (Å²) in [6.07, 6.45) is 4.49. The maximum Gasteiger partial charge on any atom is 0.269 e. The molecule has 1 aromatic carbocycles. The normalized spacial score (nSPS) is 10.7. The molecule has 0 fully saturated rings. The number of carbonyl (C=O) groups excluding carboxylic acids is 1. The number of carbonyl (C=O) groups is 1. The second-order valence-electron chi connectivity index (χ2n) is 4.77. The van der Waals surface area contributed by atoms with Crippen molar-refractivity contribution in [3.05, 3.63) is 60.6 Å². The Hall–Kier alpha value is -2.69. The van der Waals surface area contributed by atoms with Crippen LogP contribution in [0.2, 0.25) is 0 Å². The molecule has 5 heteroatoms. The lowest BCUT2D eigenvalue weighted by Gasteiger charge is -2.06. The van der Waals surface area contributed by atoms with E-state index in [4.69, 9.17) is 0 Å². The highest BCUT2D eigenvalue weighted by Gasteiger charge is 2.07. The van der Waals surface area contributed by atoms with E-state index in [0.29, 0.717) is 12.2 Å². The fourth-order valence-corrected chi connectivity index (χ4v) is 2.16. The van der Waals surface area contributed by atoms with Crippen LogP contribution in [-0.2, 0) is 6.54 Å². The van der Waals surface area contributed by atoms with E-state index in [1.54, 1.807) is 12.3 Å². The molecule has 0 saturated carbocycles. The van der Waals surface area contributed by atoms with E-state index in [0.717, 1.165) is 23.9 Å². The van der Waals surface area contributed by atoms with Gasteiger partial charge in [-0.2, -0.15) is 5.10 Å². The number of amides is 1. The smallest absolute Gasteiger partial charge is 0.269 e. The molecule has 0 aliphatic carbocycles. The van der Waals surface area contributed by atoms with Crippen molar-refractivity contribution in [2.75, 3.05) is 6.54 Å². The predicted molar refractivity (Wildman–Crippen MR) is 80.9 cm³/mol. The van der Waals surface area contributed by atoms with Gasteiger partial charge in [-0.3, -0.25) is 9.48 Å². The van der Waals surface area contributed by atoms with Crippen molar-refractivity contribution < 1.29 is 4.79 Å². The number of fused-ring (bicyclic) bond motifs is 1. The second-order valence-corrected chi connectivity index (χ2v) is 4.77. The van der Waals surface area contributed by atoms with Crippen molar-refractivity contribution >= 4 is 16.8 Å². The molecule has 21 heavy (non-hydrogen) atoms. The minimum absolute atomic E-state index is 0.138. The minimum Gasteiger partial charge on any atom is -0.351 e. The van der Waals surface area contributed by atoms with Crippen LogP contribution < -0.4 is 5.32 Å². The van der Waals surface area contributed by atoms with Crippen LogP contribution in [0.1, 0.15) is 16.9 Å². The number of hydrogen-bond donors (Lipinski definition) is 1. The molecule has 106 valence electrons. The van der Waals surface area contributed by atoms with Crippen molar-refractivity contribution in [2.45, 2.75) is 13.0 Å².